The van der Waals surface area contributed by atoms with E-state index in [1.54, 1.807) is 24.3 Å². The maximum absolute atomic E-state index is 12.7. The van der Waals surface area contributed by atoms with Crippen molar-refractivity contribution >= 4 is 39.0 Å². The number of hydrogen-bond acceptors (Lipinski definition) is 2. The van der Waals surface area contributed by atoms with Gasteiger partial charge in [-0.15, -0.1) is 0 Å². The molecule has 0 saturated carbocycles. The molecule has 0 heterocycles. The molecule has 3 rings (SSSR count). The lowest BCUT2D eigenvalue weighted by molar-refractivity contribution is 0.103. The molecule has 4 heteroatoms. The third kappa shape index (κ3) is 3.16. The Hall–Kier alpha value is -2.10. The van der Waals surface area contributed by atoms with Crippen LogP contribution in [0.3, 0.4) is 0 Å². The summed E-state index contributed by atoms with van der Waals surface area (Å²) in [5.41, 5.74) is 9.29. The van der Waals surface area contributed by atoms with E-state index in [0.717, 1.165) is 15.6 Å². The minimum atomic E-state index is -0.106. The van der Waals surface area contributed by atoms with Gasteiger partial charge in [-0.3, -0.25) is 4.79 Å². The highest BCUT2D eigenvalue weighted by Gasteiger charge is 2.17. The Morgan fingerprint density at radius 2 is 1.65 bits per heavy atom. The maximum Gasteiger partial charge on any atom is 0.194 e. The first-order valence-corrected chi connectivity index (χ1v) is 8.18. The number of halogens is 2. The van der Waals surface area contributed by atoms with Gasteiger partial charge < -0.3 is 5.73 Å². The zero-order valence-electron chi connectivity index (χ0n) is 12.1. The average molecular weight is 387 g/mol. The van der Waals surface area contributed by atoms with Gasteiger partial charge in [0.2, 0.25) is 0 Å². The first-order chi connectivity index (χ1) is 11.1. The van der Waals surface area contributed by atoms with Crippen LogP contribution in [0.4, 0.5) is 5.69 Å². The summed E-state index contributed by atoms with van der Waals surface area (Å²) in [5.74, 6) is -0.106. The SMILES string of the molecule is Nc1ccc(Br)cc1-c1cccc(C(=O)c2ccccc2)c1Cl. The molecule has 114 valence electrons. The molecule has 0 radical (unpaired) electrons. The van der Waals surface area contributed by atoms with Crippen molar-refractivity contribution < 1.29 is 4.79 Å². The molecule has 0 spiro atoms. The summed E-state index contributed by atoms with van der Waals surface area (Å²) >= 11 is 9.96. The van der Waals surface area contributed by atoms with Crippen LogP contribution in [0.1, 0.15) is 15.9 Å². The van der Waals surface area contributed by atoms with Gasteiger partial charge in [0.15, 0.2) is 5.78 Å². The molecule has 0 saturated heterocycles. The minimum absolute atomic E-state index is 0.106. The molecule has 0 aliphatic rings. The smallest absolute Gasteiger partial charge is 0.194 e. The zero-order valence-corrected chi connectivity index (χ0v) is 14.4. The number of ketones is 1. The van der Waals surface area contributed by atoms with Crippen LogP contribution in [0.25, 0.3) is 11.1 Å². The monoisotopic (exact) mass is 385 g/mol. The van der Waals surface area contributed by atoms with Crippen LogP contribution in [-0.2, 0) is 0 Å². The molecule has 0 fully saturated rings. The average Bonchev–Trinajstić information content (AvgIpc) is 2.58. The molecule has 23 heavy (non-hydrogen) atoms. The topological polar surface area (TPSA) is 43.1 Å². The lowest BCUT2D eigenvalue weighted by atomic mass is 9.97. The van der Waals surface area contributed by atoms with Crippen LogP contribution in [-0.4, -0.2) is 5.78 Å². The molecule has 0 unspecified atom stereocenters. The van der Waals surface area contributed by atoms with E-state index in [4.69, 9.17) is 17.3 Å². The van der Waals surface area contributed by atoms with Crippen LogP contribution >= 0.6 is 27.5 Å². The van der Waals surface area contributed by atoms with Crippen LogP contribution in [0.15, 0.2) is 71.2 Å². The highest BCUT2D eigenvalue weighted by Crippen LogP contribution is 2.36. The predicted molar refractivity (Wildman–Crippen MR) is 98.9 cm³/mol. The summed E-state index contributed by atoms with van der Waals surface area (Å²) in [5, 5.41) is 0.408. The van der Waals surface area contributed by atoms with Crippen molar-refractivity contribution in [3.63, 3.8) is 0 Å². The Morgan fingerprint density at radius 3 is 2.39 bits per heavy atom. The van der Waals surface area contributed by atoms with Crippen LogP contribution in [0.5, 0.6) is 0 Å². The Morgan fingerprint density at radius 1 is 0.913 bits per heavy atom. The van der Waals surface area contributed by atoms with Crippen molar-refractivity contribution in [3.05, 3.63) is 87.4 Å². The van der Waals surface area contributed by atoms with Gasteiger partial charge in [-0.25, -0.2) is 0 Å². The second kappa shape index (κ2) is 6.57. The fourth-order valence-corrected chi connectivity index (χ4v) is 3.10. The molecule has 0 aliphatic heterocycles. The van der Waals surface area contributed by atoms with E-state index < -0.39 is 0 Å². The zero-order chi connectivity index (χ0) is 16.4. The Kier molecular flexibility index (Phi) is 4.51. The molecule has 0 amide bonds. The van der Waals surface area contributed by atoms with Gasteiger partial charge in [-0.2, -0.15) is 0 Å². The number of carbonyl (C=O) groups excluding carboxylic acids is 1. The maximum atomic E-state index is 12.7. The fourth-order valence-electron chi connectivity index (χ4n) is 2.42. The van der Waals surface area contributed by atoms with Gasteiger partial charge in [-0.1, -0.05) is 70.0 Å². The largest absolute Gasteiger partial charge is 0.398 e. The molecule has 2 N–H and O–H groups in total. The number of nitrogen functional groups attached to an aromatic ring is 1. The standard InChI is InChI=1S/C19H13BrClNO/c20-13-9-10-17(22)16(11-13)14-7-4-8-15(18(14)21)19(23)12-5-2-1-3-6-12/h1-11H,22H2. The molecule has 3 aromatic rings. The first kappa shape index (κ1) is 15.8. The quantitative estimate of drug-likeness (QED) is 0.471. The summed E-state index contributed by atoms with van der Waals surface area (Å²) in [6, 6.07) is 20.1. The number of rotatable bonds is 3. The minimum Gasteiger partial charge on any atom is -0.398 e. The van der Waals surface area contributed by atoms with Crippen molar-refractivity contribution in [1.82, 2.24) is 0 Å². The van der Waals surface area contributed by atoms with Crippen LogP contribution in [0.2, 0.25) is 5.02 Å². The number of nitrogens with two attached hydrogens (primary N) is 1. The summed E-state index contributed by atoms with van der Waals surface area (Å²) in [6.45, 7) is 0. The summed E-state index contributed by atoms with van der Waals surface area (Å²) in [7, 11) is 0. The van der Waals surface area contributed by atoms with Gasteiger partial charge in [0.25, 0.3) is 0 Å². The van der Waals surface area contributed by atoms with Crippen molar-refractivity contribution in [2.75, 3.05) is 5.73 Å². The summed E-state index contributed by atoms with van der Waals surface area (Å²) < 4.78 is 0.901. The van der Waals surface area contributed by atoms with Gasteiger partial charge in [0.05, 0.1) is 5.02 Å². The van der Waals surface area contributed by atoms with E-state index in [1.165, 1.54) is 0 Å². The van der Waals surface area contributed by atoms with Crippen molar-refractivity contribution in [2.45, 2.75) is 0 Å². The third-order valence-corrected chi connectivity index (χ3v) is 4.49. The highest BCUT2D eigenvalue weighted by molar-refractivity contribution is 9.10. The first-order valence-electron chi connectivity index (χ1n) is 7.01. The molecule has 0 bridgehead atoms. The Balaban J connectivity index is 2.12. The lowest BCUT2D eigenvalue weighted by Crippen LogP contribution is -2.03. The molecular weight excluding hydrogens is 374 g/mol. The third-order valence-electron chi connectivity index (χ3n) is 3.58. The van der Waals surface area contributed by atoms with Crippen molar-refractivity contribution in [2.24, 2.45) is 0 Å². The Bertz CT molecular complexity index is 878. The molecule has 0 aromatic heterocycles. The number of anilines is 1. The highest BCUT2D eigenvalue weighted by atomic mass is 79.9. The van der Waals surface area contributed by atoms with E-state index in [1.807, 2.05) is 42.5 Å². The summed E-state index contributed by atoms with van der Waals surface area (Å²) in [6.07, 6.45) is 0. The molecule has 0 aliphatic carbocycles. The Labute approximate surface area is 148 Å². The van der Waals surface area contributed by atoms with E-state index in [2.05, 4.69) is 15.9 Å². The predicted octanol–water partition coefficient (Wildman–Crippen LogP) is 5.58. The van der Waals surface area contributed by atoms with Crippen LogP contribution < -0.4 is 5.73 Å². The van der Waals surface area contributed by atoms with E-state index >= 15 is 0 Å². The lowest BCUT2D eigenvalue weighted by Gasteiger charge is -2.12. The van der Waals surface area contributed by atoms with E-state index in [-0.39, 0.29) is 5.78 Å². The molecule has 0 atom stereocenters. The van der Waals surface area contributed by atoms with Gasteiger partial charge in [-0.05, 0) is 24.3 Å². The molecular formula is C19H13BrClNO. The van der Waals surface area contributed by atoms with Gasteiger partial charge >= 0.3 is 0 Å². The normalized spacial score (nSPS) is 10.5. The van der Waals surface area contributed by atoms with Gasteiger partial charge in [0.1, 0.15) is 0 Å². The van der Waals surface area contributed by atoms with Crippen molar-refractivity contribution in [3.8, 4) is 11.1 Å². The second-order valence-corrected chi connectivity index (χ2v) is 6.39. The van der Waals surface area contributed by atoms with Gasteiger partial charge in [0, 0.05) is 32.4 Å². The second-order valence-electron chi connectivity index (χ2n) is 5.09. The van der Waals surface area contributed by atoms with Crippen LogP contribution in [0, 0.1) is 0 Å². The van der Waals surface area contributed by atoms with E-state index in [0.29, 0.717) is 21.8 Å². The number of carbonyl (C=O) groups is 1. The number of hydrogen-bond donors (Lipinski definition) is 1. The fraction of sp³-hybridized carbons (Fsp3) is 0. The molecule has 2 nitrogen and oxygen atoms in total. The van der Waals surface area contributed by atoms with E-state index in [9.17, 15) is 4.79 Å². The number of benzene rings is 3. The van der Waals surface area contributed by atoms with Crippen molar-refractivity contribution in [1.29, 1.82) is 0 Å². The molecule has 3 aromatic carbocycles. The summed E-state index contributed by atoms with van der Waals surface area (Å²) in [4.78, 5) is 12.7.